The highest BCUT2D eigenvalue weighted by Gasteiger charge is 2.32. The summed E-state index contributed by atoms with van der Waals surface area (Å²) in [5.41, 5.74) is 1.68. The molecular weight excluding hydrogens is 404 g/mol. The van der Waals surface area contributed by atoms with Gasteiger partial charge < -0.3 is 9.45 Å². The van der Waals surface area contributed by atoms with E-state index in [0.717, 1.165) is 0 Å². The third kappa shape index (κ3) is 3.51. The first-order valence-corrected chi connectivity index (χ1v) is 11.0. The fraction of sp³-hybridized carbons (Fsp3) is 0.318. The summed E-state index contributed by atoms with van der Waals surface area (Å²) in [4.78, 5) is 42.2. The van der Waals surface area contributed by atoms with Crippen molar-refractivity contribution in [1.29, 1.82) is 0 Å². The summed E-state index contributed by atoms with van der Waals surface area (Å²) in [7, 11) is 0. The van der Waals surface area contributed by atoms with E-state index in [0.29, 0.717) is 54.9 Å². The van der Waals surface area contributed by atoms with Gasteiger partial charge in [0.2, 0.25) is 0 Å². The summed E-state index contributed by atoms with van der Waals surface area (Å²) < 4.78 is 20.9. The maximum absolute atomic E-state index is 13.0. The molecule has 1 aliphatic heterocycles. The molecular formula is C22H22N2O5S. The van der Waals surface area contributed by atoms with Gasteiger partial charge in [-0.25, -0.2) is 4.21 Å². The van der Waals surface area contributed by atoms with Crippen LogP contribution in [0.1, 0.15) is 55.5 Å². The first kappa shape index (κ1) is 20.6. The second-order valence-corrected chi connectivity index (χ2v) is 8.53. The predicted octanol–water partition coefficient (Wildman–Crippen LogP) is 2.18. The molecule has 30 heavy (non-hydrogen) atoms. The number of piperazine rings is 1. The number of fused-ring (bicyclic) bond motifs is 2. The predicted molar refractivity (Wildman–Crippen MR) is 112 cm³/mol. The Balaban J connectivity index is 1.54. The van der Waals surface area contributed by atoms with Gasteiger partial charge in [0.05, 0.1) is 0 Å². The summed E-state index contributed by atoms with van der Waals surface area (Å²) in [5.74, 6) is -0.680. The molecule has 1 N–H and O–H groups in total. The standard InChI is InChI=1S/C22H22N2O5S/c1-2-19(30(28)29)23-9-11-24(12-10-23)22(27)14-7-8-17-18(13-14)21(26)16-6-4-3-5-15(16)20(17)25/h3-8,13,19H,2,9-12H2,1H3,(H,28,29)/t19-/m0/s1. The minimum absolute atomic E-state index is 0.213. The number of nitrogens with zero attached hydrogens (tertiary/aromatic N) is 2. The number of carbonyl (C=O) groups is 3. The SMILES string of the molecule is CC[C@@H](N1CCN(C(=O)c2ccc3c(c2)C(=O)c2ccccc2C3=O)CC1)S(=O)O. The third-order valence-electron chi connectivity index (χ3n) is 5.76. The van der Waals surface area contributed by atoms with Crippen molar-refractivity contribution in [3.8, 4) is 0 Å². The Labute approximate surface area is 177 Å². The lowest BCUT2D eigenvalue weighted by Crippen LogP contribution is -2.52. The van der Waals surface area contributed by atoms with Gasteiger partial charge in [0.15, 0.2) is 22.6 Å². The Morgan fingerprint density at radius 3 is 2.10 bits per heavy atom. The van der Waals surface area contributed by atoms with Gasteiger partial charge in [0.1, 0.15) is 5.37 Å². The zero-order valence-electron chi connectivity index (χ0n) is 16.5. The molecule has 2 aliphatic rings. The van der Waals surface area contributed by atoms with Gasteiger partial charge in [0, 0.05) is 54.0 Å². The van der Waals surface area contributed by atoms with Crippen LogP contribution in [0, 0.1) is 0 Å². The van der Waals surface area contributed by atoms with Crippen molar-refractivity contribution in [1.82, 2.24) is 9.80 Å². The number of benzene rings is 2. The highest BCUT2D eigenvalue weighted by molar-refractivity contribution is 7.79. The Kier molecular flexibility index (Phi) is 5.64. The monoisotopic (exact) mass is 426 g/mol. The van der Waals surface area contributed by atoms with Crippen LogP contribution in [0.5, 0.6) is 0 Å². The third-order valence-corrected chi connectivity index (χ3v) is 6.86. The molecule has 1 heterocycles. The van der Waals surface area contributed by atoms with Crippen LogP contribution < -0.4 is 0 Å². The van der Waals surface area contributed by atoms with Gasteiger partial charge in [-0.3, -0.25) is 19.3 Å². The first-order chi connectivity index (χ1) is 14.4. The lowest BCUT2D eigenvalue weighted by molar-refractivity contribution is 0.0617. The number of hydrogen-bond donors (Lipinski definition) is 1. The largest absolute Gasteiger partial charge is 0.336 e. The molecule has 0 bridgehead atoms. The summed E-state index contributed by atoms with van der Waals surface area (Å²) in [6.07, 6.45) is 0.555. The molecule has 1 aliphatic carbocycles. The average molecular weight is 426 g/mol. The number of hydrogen-bond acceptors (Lipinski definition) is 5. The average Bonchev–Trinajstić information content (AvgIpc) is 2.77. The first-order valence-electron chi connectivity index (χ1n) is 9.87. The molecule has 0 radical (unpaired) electrons. The van der Waals surface area contributed by atoms with E-state index in [9.17, 15) is 23.1 Å². The van der Waals surface area contributed by atoms with Crippen molar-refractivity contribution in [2.75, 3.05) is 26.2 Å². The molecule has 0 spiro atoms. The van der Waals surface area contributed by atoms with E-state index in [4.69, 9.17) is 0 Å². The lowest BCUT2D eigenvalue weighted by Gasteiger charge is -2.37. The summed E-state index contributed by atoms with van der Waals surface area (Å²) in [5, 5.41) is -0.435. The van der Waals surface area contributed by atoms with E-state index < -0.39 is 16.5 Å². The van der Waals surface area contributed by atoms with Crippen molar-refractivity contribution >= 4 is 28.6 Å². The van der Waals surface area contributed by atoms with Gasteiger partial charge in [-0.1, -0.05) is 31.2 Å². The van der Waals surface area contributed by atoms with E-state index in [-0.39, 0.29) is 23.0 Å². The molecule has 1 amide bonds. The van der Waals surface area contributed by atoms with E-state index in [1.165, 1.54) is 6.07 Å². The van der Waals surface area contributed by atoms with Gasteiger partial charge >= 0.3 is 0 Å². The van der Waals surface area contributed by atoms with Crippen molar-refractivity contribution in [2.24, 2.45) is 0 Å². The number of carbonyl (C=O) groups excluding carboxylic acids is 3. The molecule has 1 saturated heterocycles. The van der Waals surface area contributed by atoms with Crippen molar-refractivity contribution in [3.05, 3.63) is 70.3 Å². The second kappa shape index (κ2) is 8.22. The maximum Gasteiger partial charge on any atom is 0.253 e. The number of amides is 1. The fourth-order valence-corrected chi connectivity index (χ4v) is 4.91. The summed E-state index contributed by atoms with van der Waals surface area (Å²) in [6, 6.07) is 11.4. The van der Waals surface area contributed by atoms with Crippen LogP contribution >= 0.6 is 0 Å². The molecule has 7 nitrogen and oxygen atoms in total. The normalized spacial score (nSPS) is 18.5. The summed E-state index contributed by atoms with van der Waals surface area (Å²) in [6.45, 7) is 3.73. The molecule has 4 rings (SSSR count). The minimum atomic E-state index is -1.93. The van der Waals surface area contributed by atoms with Gasteiger partial charge in [-0.2, -0.15) is 0 Å². The van der Waals surface area contributed by atoms with E-state index in [1.54, 1.807) is 41.3 Å². The molecule has 0 saturated carbocycles. The molecule has 1 unspecified atom stereocenters. The molecule has 2 aromatic rings. The second-order valence-electron chi connectivity index (χ2n) is 7.43. The van der Waals surface area contributed by atoms with Crippen LogP contribution in [-0.4, -0.2) is 67.6 Å². The summed E-state index contributed by atoms with van der Waals surface area (Å²) >= 11 is -1.93. The number of ketones is 2. The van der Waals surface area contributed by atoms with E-state index >= 15 is 0 Å². The zero-order chi connectivity index (χ0) is 21.4. The minimum Gasteiger partial charge on any atom is -0.336 e. The van der Waals surface area contributed by atoms with Gasteiger partial charge in [-0.05, 0) is 24.6 Å². The van der Waals surface area contributed by atoms with Gasteiger partial charge in [0.25, 0.3) is 5.91 Å². The topological polar surface area (TPSA) is 95.0 Å². The smallest absolute Gasteiger partial charge is 0.253 e. The Morgan fingerprint density at radius 2 is 1.53 bits per heavy atom. The molecule has 156 valence electrons. The Hall–Kier alpha value is -2.68. The fourth-order valence-electron chi connectivity index (χ4n) is 4.16. The highest BCUT2D eigenvalue weighted by atomic mass is 32.2. The quantitative estimate of drug-likeness (QED) is 0.643. The van der Waals surface area contributed by atoms with Crippen LogP contribution in [0.2, 0.25) is 0 Å². The molecule has 0 aromatic heterocycles. The van der Waals surface area contributed by atoms with E-state index in [2.05, 4.69) is 0 Å². The van der Waals surface area contributed by atoms with Crippen LogP contribution in [0.25, 0.3) is 0 Å². The molecule has 2 atom stereocenters. The van der Waals surface area contributed by atoms with Crippen LogP contribution in [0.3, 0.4) is 0 Å². The lowest BCUT2D eigenvalue weighted by atomic mass is 9.83. The Bertz CT molecular complexity index is 1060. The van der Waals surface area contributed by atoms with Gasteiger partial charge in [-0.15, -0.1) is 0 Å². The van der Waals surface area contributed by atoms with Crippen molar-refractivity contribution in [3.63, 3.8) is 0 Å². The van der Waals surface area contributed by atoms with Crippen molar-refractivity contribution in [2.45, 2.75) is 18.7 Å². The molecule has 8 heteroatoms. The molecule has 2 aromatic carbocycles. The van der Waals surface area contributed by atoms with Crippen LogP contribution in [0.4, 0.5) is 0 Å². The molecule has 1 fully saturated rings. The Morgan fingerprint density at radius 1 is 0.967 bits per heavy atom. The maximum atomic E-state index is 13.0. The zero-order valence-corrected chi connectivity index (χ0v) is 17.4. The highest BCUT2D eigenvalue weighted by Crippen LogP contribution is 2.28. The van der Waals surface area contributed by atoms with Crippen molar-refractivity contribution < 1.29 is 23.1 Å². The number of rotatable bonds is 4. The van der Waals surface area contributed by atoms with E-state index in [1.807, 2.05) is 11.8 Å². The van der Waals surface area contributed by atoms with Crippen LogP contribution in [0.15, 0.2) is 42.5 Å². The van der Waals surface area contributed by atoms with Crippen LogP contribution in [-0.2, 0) is 11.1 Å².